The first-order valence-corrected chi connectivity index (χ1v) is 6.93. The monoisotopic (exact) mass is 335 g/mol. The average Bonchev–Trinajstić information content (AvgIpc) is 2.46. The predicted molar refractivity (Wildman–Crippen MR) is 80.3 cm³/mol. The fraction of sp³-hybridized carbons (Fsp3) is 0.214. The van der Waals surface area contributed by atoms with Crippen molar-refractivity contribution in [1.29, 1.82) is 0 Å². The highest BCUT2D eigenvalue weighted by molar-refractivity contribution is 9.10. The van der Waals surface area contributed by atoms with Crippen LogP contribution >= 0.6 is 15.9 Å². The fourth-order valence-corrected chi connectivity index (χ4v) is 2.24. The van der Waals surface area contributed by atoms with E-state index < -0.39 is 0 Å². The molecule has 1 heterocycles. The van der Waals surface area contributed by atoms with E-state index >= 15 is 0 Å². The molecule has 0 saturated heterocycles. The molecule has 2 rings (SSSR count). The molecule has 20 heavy (non-hydrogen) atoms. The summed E-state index contributed by atoms with van der Waals surface area (Å²) in [7, 11) is 0. The lowest BCUT2D eigenvalue weighted by molar-refractivity contribution is -0.385. The molecule has 0 fully saturated rings. The van der Waals surface area contributed by atoms with Crippen LogP contribution in [0.15, 0.2) is 47.2 Å². The zero-order chi connectivity index (χ0) is 14.5. The van der Waals surface area contributed by atoms with Gasteiger partial charge in [-0.3, -0.25) is 15.1 Å². The van der Waals surface area contributed by atoms with Crippen LogP contribution in [-0.2, 0) is 6.54 Å². The molecule has 1 aromatic heterocycles. The second-order valence-electron chi connectivity index (χ2n) is 4.43. The summed E-state index contributed by atoms with van der Waals surface area (Å²) in [5, 5.41) is 14.2. The van der Waals surface area contributed by atoms with Gasteiger partial charge in [0.15, 0.2) is 0 Å². The van der Waals surface area contributed by atoms with E-state index in [-0.39, 0.29) is 16.7 Å². The van der Waals surface area contributed by atoms with Crippen LogP contribution in [0.4, 0.5) is 5.69 Å². The number of hydrogen-bond acceptors (Lipinski definition) is 4. The van der Waals surface area contributed by atoms with Crippen LogP contribution in [0, 0.1) is 10.1 Å². The van der Waals surface area contributed by atoms with Gasteiger partial charge in [-0.05, 0) is 52.2 Å². The normalized spacial score (nSPS) is 12.1. The summed E-state index contributed by atoms with van der Waals surface area (Å²) in [4.78, 5) is 14.5. The van der Waals surface area contributed by atoms with Crippen LogP contribution in [0.3, 0.4) is 0 Å². The van der Waals surface area contributed by atoms with Crippen LogP contribution in [0.5, 0.6) is 0 Å². The van der Waals surface area contributed by atoms with Gasteiger partial charge < -0.3 is 5.32 Å². The van der Waals surface area contributed by atoms with Gasteiger partial charge in [0, 0.05) is 31.0 Å². The molecular formula is C14H14BrN3O2. The molecule has 1 atom stereocenters. The zero-order valence-electron chi connectivity index (χ0n) is 10.9. The van der Waals surface area contributed by atoms with E-state index in [4.69, 9.17) is 0 Å². The average molecular weight is 336 g/mol. The van der Waals surface area contributed by atoms with Gasteiger partial charge in [0.25, 0.3) is 5.69 Å². The molecule has 0 aliphatic rings. The number of hydrogen-bond donors (Lipinski definition) is 1. The van der Waals surface area contributed by atoms with Crippen LogP contribution < -0.4 is 5.32 Å². The first-order chi connectivity index (χ1) is 9.58. The van der Waals surface area contributed by atoms with E-state index in [1.54, 1.807) is 24.5 Å². The molecule has 0 radical (unpaired) electrons. The molecule has 1 aromatic carbocycles. The van der Waals surface area contributed by atoms with E-state index in [0.717, 1.165) is 11.1 Å². The molecular weight excluding hydrogens is 322 g/mol. The number of nitrogens with one attached hydrogen (secondary N) is 1. The first-order valence-electron chi connectivity index (χ1n) is 6.14. The van der Waals surface area contributed by atoms with Crippen LogP contribution in [-0.4, -0.2) is 9.91 Å². The Morgan fingerprint density at radius 2 is 2.05 bits per heavy atom. The number of halogens is 1. The molecule has 1 N–H and O–H groups in total. The van der Waals surface area contributed by atoms with Crippen molar-refractivity contribution >= 4 is 21.6 Å². The number of pyridine rings is 1. The van der Waals surface area contributed by atoms with E-state index in [9.17, 15) is 10.1 Å². The van der Waals surface area contributed by atoms with E-state index in [0.29, 0.717) is 11.0 Å². The van der Waals surface area contributed by atoms with Crippen LogP contribution in [0.2, 0.25) is 0 Å². The molecule has 0 aliphatic carbocycles. The minimum Gasteiger partial charge on any atom is -0.306 e. The molecule has 0 amide bonds. The molecule has 6 heteroatoms. The Morgan fingerprint density at radius 3 is 2.70 bits per heavy atom. The Balaban J connectivity index is 2.04. The van der Waals surface area contributed by atoms with Crippen molar-refractivity contribution in [3.63, 3.8) is 0 Å². The van der Waals surface area contributed by atoms with Crippen molar-refractivity contribution in [3.8, 4) is 0 Å². The van der Waals surface area contributed by atoms with Gasteiger partial charge in [-0.25, -0.2) is 0 Å². The Labute approximate surface area is 125 Å². The lowest BCUT2D eigenvalue weighted by Gasteiger charge is -2.14. The van der Waals surface area contributed by atoms with Gasteiger partial charge in [-0.15, -0.1) is 0 Å². The summed E-state index contributed by atoms with van der Waals surface area (Å²) in [6.07, 6.45) is 3.50. The highest BCUT2D eigenvalue weighted by Gasteiger charge is 2.12. The SMILES string of the molecule is C[C@@H](NCc1ccc(Br)c([N+](=O)[O-])c1)c1ccncc1. The Bertz CT molecular complexity index is 605. The van der Waals surface area contributed by atoms with Crippen molar-refractivity contribution in [2.24, 2.45) is 0 Å². The zero-order valence-corrected chi connectivity index (χ0v) is 12.5. The maximum Gasteiger partial charge on any atom is 0.283 e. The van der Waals surface area contributed by atoms with Gasteiger partial charge in [-0.1, -0.05) is 6.07 Å². The highest BCUT2D eigenvalue weighted by atomic mass is 79.9. The van der Waals surface area contributed by atoms with Crippen LogP contribution in [0.1, 0.15) is 24.1 Å². The largest absolute Gasteiger partial charge is 0.306 e. The molecule has 0 unspecified atom stereocenters. The van der Waals surface area contributed by atoms with Gasteiger partial charge >= 0.3 is 0 Å². The van der Waals surface area contributed by atoms with Crippen molar-refractivity contribution in [2.75, 3.05) is 0 Å². The lowest BCUT2D eigenvalue weighted by atomic mass is 10.1. The molecule has 5 nitrogen and oxygen atoms in total. The Kier molecular flexibility index (Phi) is 4.81. The molecule has 0 spiro atoms. The molecule has 2 aromatic rings. The van der Waals surface area contributed by atoms with Crippen molar-refractivity contribution in [2.45, 2.75) is 19.5 Å². The summed E-state index contributed by atoms with van der Waals surface area (Å²) >= 11 is 3.18. The topological polar surface area (TPSA) is 68.1 Å². The summed E-state index contributed by atoms with van der Waals surface area (Å²) in [5.41, 5.74) is 2.09. The molecule has 104 valence electrons. The third kappa shape index (κ3) is 3.61. The van der Waals surface area contributed by atoms with Crippen molar-refractivity contribution in [1.82, 2.24) is 10.3 Å². The molecule has 0 saturated carbocycles. The van der Waals surface area contributed by atoms with Crippen LogP contribution in [0.25, 0.3) is 0 Å². The van der Waals surface area contributed by atoms with Gasteiger partial charge in [0.1, 0.15) is 0 Å². The number of nitrogens with zero attached hydrogens (tertiary/aromatic N) is 2. The van der Waals surface area contributed by atoms with E-state index in [2.05, 4.69) is 26.2 Å². The maximum absolute atomic E-state index is 10.9. The number of aromatic nitrogens is 1. The predicted octanol–water partition coefficient (Wildman–Crippen LogP) is 3.60. The van der Waals surface area contributed by atoms with Gasteiger partial charge in [0.2, 0.25) is 0 Å². The second kappa shape index (κ2) is 6.58. The lowest BCUT2D eigenvalue weighted by Crippen LogP contribution is -2.18. The number of nitro groups is 1. The number of rotatable bonds is 5. The smallest absolute Gasteiger partial charge is 0.283 e. The fourth-order valence-electron chi connectivity index (χ4n) is 1.85. The van der Waals surface area contributed by atoms with Gasteiger partial charge in [0.05, 0.1) is 9.40 Å². The van der Waals surface area contributed by atoms with Crippen molar-refractivity contribution in [3.05, 3.63) is 68.4 Å². The number of nitro benzene ring substituents is 1. The quantitative estimate of drug-likeness (QED) is 0.669. The highest BCUT2D eigenvalue weighted by Crippen LogP contribution is 2.25. The molecule has 0 aliphatic heterocycles. The van der Waals surface area contributed by atoms with E-state index in [1.165, 1.54) is 0 Å². The third-order valence-corrected chi connectivity index (χ3v) is 3.70. The Morgan fingerprint density at radius 1 is 1.35 bits per heavy atom. The third-order valence-electron chi connectivity index (χ3n) is 3.03. The summed E-state index contributed by atoms with van der Waals surface area (Å²) < 4.78 is 0.494. The van der Waals surface area contributed by atoms with E-state index in [1.807, 2.05) is 25.1 Å². The van der Waals surface area contributed by atoms with Crippen molar-refractivity contribution < 1.29 is 4.92 Å². The summed E-state index contributed by atoms with van der Waals surface area (Å²) in [5.74, 6) is 0. The summed E-state index contributed by atoms with van der Waals surface area (Å²) in [6, 6.07) is 9.19. The molecule has 0 bridgehead atoms. The summed E-state index contributed by atoms with van der Waals surface area (Å²) in [6.45, 7) is 2.61. The van der Waals surface area contributed by atoms with Gasteiger partial charge in [-0.2, -0.15) is 0 Å². The maximum atomic E-state index is 10.9. The minimum atomic E-state index is -0.389. The first kappa shape index (κ1) is 14.6. The standard InChI is InChI=1S/C14H14BrN3O2/c1-10(12-4-6-16-7-5-12)17-9-11-2-3-13(15)14(8-11)18(19)20/h2-8,10,17H,9H2,1H3/t10-/m1/s1. The number of benzene rings is 1. The second-order valence-corrected chi connectivity index (χ2v) is 5.28. The Hall–Kier alpha value is -1.79. The minimum absolute atomic E-state index is 0.0841.